The van der Waals surface area contributed by atoms with Crippen LogP contribution < -0.4 is 10.1 Å². The minimum atomic E-state index is -0.204. The zero-order valence-corrected chi connectivity index (χ0v) is 14.6. The van der Waals surface area contributed by atoms with Crippen molar-refractivity contribution < 1.29 is 9.53 Å². The molecule has 22 heavy (non-hydrogen) atoms. The van der Waals surface area contributed by atoms with Gasteiger partial charge in [0.2, 0.25) is 0 Å². The third-order valence-electron chi connectivity index (χ3n) is 3.06. The molecular formula is C17H17BrClNO2. The number of halogens is 2. The minimum Gasteiger partial charge on any atom is -0.494 e. The lowest BCUT2D eigenvalue weighted by molar-refractivity contribution is 0.102. The third kappa shape index (κ3) is 4.75. The molecule has 0 heterocycles. The first-order valence-electron chi connectivity index (χ1n) is 7.09. The molecule has 0 fully saturated rings. The summed E-state index contributed by atoms with van der Waals surface area (Å²) in [5.74, 6) is 0.566. The third-order valence-corrected chi connectivity index (χ3v) is 3.87. The molecule has 0 saturated heterocycles. The molecule has 0 atom stereocenters. The maximum absolute atomic E-state index is 12.2. The standard InChI is InChI=1S/C17H17BrClNO2/c1-2-3-10-22-14-7-4-12(5-8-14)17(21)20-16-9-6-13(18)11-15(16)19/h4-9,11H,2-3,10H2,1H3,(H,20,21). The Kier molecular flexibility index (Phi) is 6.28. The summed E-state index contributed by atoms with van der Waals surface area (Å²) in [5, 5.41) is 3.28. The van der Waals surface area contributed by atoms with Gasteiger partial charge < -0.3 is 10.1 Å². The fourth-order valence-electron chi connectivity index (χ4n) is 1.82. The molecule has 0 saturated carbocycles. The number of carbonyl (C=O) groups excluding carboxylic acids is 1. The van der Waals surface area contributed by atoms with Gasteiger partial charge in [0.05, 0.1) is 17.3 Å². The van der Waals surface area contributed by atoms with Crippen LogP contribution in [0.4, 0.5) is 5.69 Å². The molecule has 5 heteroatoms. The van der Waals surface area contributed by atoms with E-state index in [-0.39, 0.29) is 5.91 Å². The monoisotopic (exact) mass is 381 g/mol. The second-order valence-electron chi connectivity index (χ2n) is 4.80. The van der Waals surface area contributed by atoms with Gasteiger partial charge in [0, 0.05) is 10.0 Å². The average molecular weight is 383 g/mol. The van der Waals surface area contributed by atoms with Gasteiger partial charge in [0.25, 0.3) is 5.91 Å². The number of rotatable bonds is 6. The Labute approximate surface area is 143 Å². The van der Waals surface area contributed by atoms with Crippen LogP contribution in [-0.4, -0.2) is 12.5 Å². The van der Waals surface area contributed by atoms with Crippen LogP contribution in [0.1, 0.15) is 30.1 Å². The zero-order valence-electron chi connectivity index (χ0n) is 12.2. The fraction of sp³-hybridized carbons (Fsp3) is 0.235. The van der Waals surface area contributed by atoms with E-state index in [1.54, 1.807) is 36.4 Å². The van der Waals surface area contributed by atoms with Crippen molar-refractivity contribution in [2.75, 3.05) is 11.9 Å². The number of amides is 1. The lowest BCUT2D eigenvalue weighted by Gasteiger charge is -2.09. The van der Waals surface area contributed by atoms with E-state index in [1.807, 2.05) is 6.07 Å². The number of hydrogen-bond donors (Lipinski definition) is 1. The minimum absolute atomic E-state index is 0.204. The van der Waals surface area contributed by atoms with Crippen molar-refractivity contribution in [2.45, 2.75) is 19.8 Å². The normalized spacial score (nSPS) is 10.3. The Morgan fingerprint density at radius 2 is 1.95 bits per heavy atom. The van der Waals surface area contributed by atoms with Crippen LogP contribution in [0.5, 0.6) is 5.75 Å². The van der Waals surface area contributed by atoms with Crippen LogP contribution in [0.2, 0.25) is 5.02 Å². The molecular weight excluding hydrogens is 366 g/mol. The molecule has 0 aliphatic carbocycles. The van der Waals surface area contributed by atoms with Crippen LogP contribution in [0.15, 0.2) is 46.9 Å². The molecule has 0 aromatic heterocycles. The molecule has 1 N–H and O–H groups in total. The van der Waals surface area contributed by atoms with Gasteiger partial charge in [0.1, 0.15) is 5.75 Å². The molecule has 0 unspecified atom stereocenters. The smallest absolute Gasteiger partial charge is 0.255 e. The molecule has 1 amide bonds. The first kappa shape index (κ1) is 16.8. The van der Waals surface area contributed by atoms with Crippen molar-refractivity contribution in [3.63, 3.8) is 0 Å². The first-order valence-corrected chi connectivity index (χ1v) is 8.26. The van der Waals surface area contributed by atoms with Crippen molar-refractivity contribution in [3.8, 4) is 5.75 Å². The summed E-state index contributed by atoms with van der Waals surface area (Å²) >= 11 is 9.42. The Morgan fingerprint density at radius 1 is 1.23 bits per heavy atom. The molecule has 0 bridgehead atoms. The van der Waals surface area contributed by atoms with Crippen molar-refractivity contribution >= 4 is 39.1 Å². The van der Waals surface area contributed by atoms with Crippen LogP contribution >= 0.6 is 27.5 Å². The number of benzene rings is 2. The van der Waals surface area contributed by atoms with Crippen molar-refractivity contribution in [1.29, 1.82) is 0 Å². The van der Waals surface area contributed by atoms with Gasteiger partial charge in [-0.25, -0.2) is 0 Å². The molecule has 3 nitrogen and oxygen atoms in total. The quantitative estimate of drug-likeness (QED) is 0.667. The van der Waals surface area contributed by atoms with E-state index in [4.69, 9.17) is 16.3 Å². The van der Waals surface area contributed by atoms with Crippen LogP contribution in [0.25, 0.3) is 0 Å². The maximum Gasteiger partial charge on any atom is 0.255 e. The van der Waals surface area contributed by atoms with Gasteiger partial charge in [-0.15, -0.1) is 0 Å². The summed E-state index contributed by atoms with van der Waals surface area (Å²) in [6.45, 7) is 2.81. The van der Waals surface area contributed by atoms with E-state index in [0.717, 1.165) is 23.1 Å². The van der Waals surface area contributed by atoms with E-state index in [9.17, 15) is 4.79 Å². The summed E-state index contributed by atoms with van der Waals surface area (Å²) in [4.78, 5) is 12.2. The van der Waals surface area contributed by atoms with Gasteiger partial charge >= 0.3 is 0 Å². The van der Waals surface area contributed by atoms with E-state index >= 15 is 0 Å². The fourth-order valence-corrected chi connectivity index (χ4v) is 2.54. The largest absolute Gasteiger partial charge is 0.494 e. The molecule has 0 aliphatic rings. The van der Waals surface area contributed by atoms with Crippen LogP contribution in [0, 0.1) is 0 Å². The summed E-state index contributed by atoms with van der Waals surface area (Å²) in [6, 6.07) is 12.4. The van der Waals surface area contributed by atoms with Gasteiger partial charge in [-0.1, -0.05) is 40.9 Å². The Hall–Kier alpha value is -1.52. The second kappa shape index (κ2) is 8.20. The number of ether oxygens (including phenoxy) is 1. The van der Waals surface area contributed by atoms with Crippen molar-refractivity contribution in [2.24, 2.45) is 0 Å². The summed E-state index contributed by atoms with van der Waals surface area (Å²) in [7, 11) is 0. The highest BCUT2D eigenvalue weighted by atomic mass is 79.9. The van der Waals surface area contributed by atoms with Crippen molar-refractivity contribution in [1.82, 2.24) is 0 Å². The SMILES string of the molecule is CCCCOc1ccc(C(=O)Nc2ccc(Br)cc2Cl)cc1. The zero-order chi connectivity index (χ0) is 15.9. The highest BCUT2D eigenvalue weighted by Crippen LogP contribution is 2.26. The number of anilines is 1. The summed E-state index contributed by atoms with van der Waals surface area (Å²) < 4.78 is 6.44. The van der Waals surface area contributed by atoms with Crippen molar-refractivity contribution in [3.05, 3.63) is 57.5 Å². The average Bonchev–Trinajstić information content (AvgIpc) is 2.51. The summed E-state index contributed by atoms with van der Waals surface area (Å²) in [6.07, 6.45) is 2.11. The number of nitrogens with one attached hydrogen (secondary N) is 1. The molecule has 0 spiro atoms. The first-order chi connectivity index (χ1) is 10.6. The number of hydrogen-bond acceptors (Lipinski definition) is 2. The van der Waals surface area contributed by atoms with Gasteiger partial charge in [-0.2, -0.15) is 0 Å². The van der Waals surface area contributed by atoms with Gasteiger partial charge in [-0.3, -0.25) is 4.79 Å². The molecule has 2 aromatic rings. The molecule has 116 valence electrons. The lowest BCUT2D eigenvalue weighted by atomic mass is 10.2. The topological polar surface area (TPSA) is 38.3 Å². The van der Waals surface area contributed by atoms with E-state index < -0.39 is 0 Å². The molecule has 2 aromatic carbocycles. The van der Waals surface area contributed by atoms with E-state index in [2.05, 4.69) is 28.2 Å². The van der Waals surface area contributed by atoms with E-state index in [1.165, 1.54) is 0 Å². The summed E-state index contributed by atoms with van der Waals surface area (Å²) in [5.41, 5.74) is 1.14. The predicted molar refractivity (Wildman–Crippen MR) is 94.0 cm³/mol. The highest BCUT2D eigenvalue weighted by molar-refractivity contribution is 9.10. The predicted octanol–water partition coefficient (Wildman–Crippen LogP) is 5.53. The van der Waals surface area contributed by atoms with Gasteiger partial charge in [0.15, 0.2) is 0 Å². The number of carbonyl (C=O) groups is 1. The Balaban J connectivity index is 2.00. The van der Waals surface area contributed by atoms with E-state index in [0.29, 0.717) is 22.9 Å². The highest BCUT2D eigenvalue weighted by Gasteiger charge is 2.09. The van der Waals surface area contributed by atoms with Crippen LogP contribution in [0.3, 0.4) is 0 Å². The molecule has 0 radical (unpaired) electrons. The number of unbranched alkanes of at least 4 members (excludes halogenated alkanes) is 1. The van der Waals surface area contributed by atoms with Gasteiger partial charge in [-0.05, 0) is 48.9 Å². The maximum atomic E-state index is 12.2. The molecule has 0 aliphatic heterocycles. The second-order valence-corrected chi connectivity index (χ2v) is 6.13. The van der Waals surface area contributed by atoms with Crippen LogP contribution in [-0.2, 0) is 0 Å². The lowest BCUT2D eigenvalue weighted by Crippen LogP contribution is -2.12. The Bertz CT molecular complexity index is 644. The Morgan fingerprint density at radius 3 is 2.59 bits per heavy atom. The molecule has 2 rings (SSSR count).